The second kappa shape index (κ2) is 5.59. The van der Waals surface area contributed by atoms with Gasteiger partial charge >= 0.3 is 0 Å². The zero-order valence-electron chi connectivity index (χ0n) is 12.1. The fourth-order valence-electron chi connectivity index (χ4n) is 3.72. The van der Waals surface area contributed by atoms with Gasteiger partial charge in [-0.15, -0.1) is 0 Å². The summed E-state index contributed by atoms with van der Waals surface area (Å²) in [5.41, 5.74) is -0.0388. The van der Waals surface area contributed by atoms with Crippen LogP contribution >= 0.6 is 0 Å². The molecular formula is C16H19F4N. The Labute approximate surface area is 121 Å². The molecule has 1 heterocycles. The van der Waals surface area contributed by atoms with Crippen molar-refractivity contribution in [1.82, 2.24) is 4.90 Å². The maximum absolute atomic E-state index is 13.8. The van der Waals surface area contributed by atoms with Crippen molar-refractivity contribution in [1.29, 1.82) is 0 Å². The van der Waals surface area contributed by atoms with Gasteiger partial charge in [0.1, 0.15) is 0 Å². The number of hydrogen-bond donors (Lipinski definition) is 0. The van der Waals surface area contributed by atoms with Gasteiger partial charge in [-0.1, -0.05) is 19.3 Å². The van der Waals surface area contributed by atoms with Crippen LogP contribution in [0.15, 0.2) is 0 Å². The molecule has 0 saturated heterocycles. The zero-order valence-corrected chi connectivity index (χ0v) is 12.1. The van der Waals surface area contributed by atoms with Crippen LogP contribution in [-0.2, 0) is 13.1 Å². The lowest BCUT2D eigenvalue weighted by molar-refractivity contribution is 0.127. The summed E-state index contributed by atoms with van der Waals surface area (Å²) in [7, 11) is 0. The van der Waals surface area contributed by atoms with Crippen LogP contribution in [0, 0.1) is 29.2 Å². The molecule has 1 aromatic rings. The van der Waals surface area contributed by atoms with E-state index in [9.17, 15) is 17.6 Å². The van der Waals surface area contributed by atoms with Crippen LogP contribution in [0.2, 0.25) is 0 Å². The van der Waals surface area contributed by atoms with E-state index < -0.39 is 23.3 Å². The van der Waals surface area contributed by atoms with E-state index in [0.29, 0.717) is 5.92 Å². The standard InChI is InChI=1S/C16H19F4N/c1-9(10-5-3-2-4-6-10)21-7-11-12(8-21)14(18)16(20)15(19)13(11)17/h9-10H,2-8H2,1H3/t9-/m1/s1. The Balaban J connectivity index is 1.84. The summed E-state index contributed by atoms with van der Waals surface area (Å²) in [4.78, 5) is 1.94. The van der Waals surface area contributed by atoms with Crippen molar-refractivity contribution in [3.05, 3.63) is 34.4 Å². The van der Waals surface area contributed by atoms with Crippen molar-refractivity contribution < 1.29 is 17.6 Å². The van der Waals surface area contributed by atoms with Crippen molar-refractivity contribution in [2.24, 2.45) is 5.92 Å². The molecule has 0 N–H and O–H groups in total. The van der Waals surface area contributed by atoms with Crippen LogP contribution in [0.3, 0.4) is 0 Å². The van der Waals surface area contributed by atoms with Crippen LogP contribution in [0.25, 0.3) is 0 Å². The Morgan fingerprint density at radius 2 is 1.29 bits per heavy atom. The number of fused-ring (bicyclic) bond motifs is 1. The highest BCUT2D eigenvalue weighted by Crippen LogP contribution is 2.36. The first-order valence-electron chi connectivity index (χ1n) is 7.58. The van der Waals surface area contributed by atoms with Gasteiger partial charge in [0, 0.05) is 30.3 Å². The third-order valence-corrected chi connectivity index (χ3v) is 5.10. The average molecular weight is 301 g/mol. The summed E-state index contributed by atoms with van der Waals surface area (Å²) in [6, 6.07) is 0.169. The van der Waals surface area contributed by atoms with Crippen molar-refractivity contribution in [2.75, 3.05) is 0 Å². The Bertz CT molecular complexity index is 515. The number of rotatable bonds is 2. The normalized spacial score (nSPS) is 21.6. The Morgan fingerprint density at radius 1 is 0.810 bits per heavy atom. The number of benzene rings is 1. The van der Waals surface area contributed by atoms with E-state index in [2.05, 4.69) is 0 Å². The van der Waals surface area contributed by atoms with E-state index in [0.717, 1.165) is 12.8 Å². The van der Waals surface area contributed by atoms with Gasteiger partial charge in [-0.2, -0.15) is 0 Å². The summed E-state index contributed by atoms with van der Waals surface area (Å²) < 4.78 is 54.3. The molecule has 1 saturated carbocycles. The van der Waals surface area contributed by atoms with E-state index in [1.165, 1.54) is 19.3 Å². The molecule has 1 aromatic carbocycles. The molecule has 0 unspecified atom stereocenters. The lowest BCUT2D eigenvalue weighted by Gasteiger charge is -2.34. The largest absolute Gasteiger partial charge is 0.292 e. The molecule has 1 atom stereocenters. The van der Waals surface area contributed by atoms with Crippen LogP contribution in [0.1, 0.15) is 50.2 Å². The van der Waals surface area contributed by atoms with Gasteiger partial charge in [-0.3, -0.25) is 4.90 Å². The van der Waals surface area contributed by atoms with Crippen molar-refractivity contribution in [3.63, 3.8) is 0 Å². The predicted octanol–water partition coefficient (Wildman–Crippen LogP) is 4.53. The summed E-state index contributed by atoms with van der Waals surface area (Å²) in [6.07, 6.45) is 5.83. The third kappa shape index (κ3) is 2.45. The molecular weight excluding hydrogens is 282 g/mol. The fraction of sp³-hybridized carbons (Fsp3) is 0.625. The highest BCUT2D eigenvalue weighted by Gasteiger charge is 2.35. The van der Waals surface area contributed by atoms with Crippen molar-refractivity contribution >= 4 is 0 Å². The quantitative estimate of drug-likeness (QED) is 0.441. The first kappa shape index (κ1) is 14.8. The molecule has 0 aromatic heterocycles. The molecule has 3 rings (SSSR count). The highest BCUT2D eigenvalue weighted by molar-refractivity contribution is 5.35. The van der Waals surface area contributed by atoms with Gasteiger partial charge in [0.2, 0.25) is 0 Å². The molecule has 5 heteroatoms. The lowest BCUT2D eigenvalue weighted by atomic mass is 9.84. The zero-order chi connectivity index (χ0) is 15.1. The van der Waals surface area contributed by atoms with Gasteiger partial charge in [0.25, 0.3) is 0 Å². The number of nitrogens with zero attached hydrogens (tertiary/aromatic N) is 1. The third-order valence-electron chi connectivity index (χ3n) is 5.10. The van der Waals surface area contributed by atoms with Crippen LogP contribution in [-0.4, -0.2) is 10.9 Å². The van der Waals surface area contributed by atoms with E-state index in [1.807, 2.05) is 11.8 Å². The molecule has 21 heavy (non-hydrogen) atoms. The SMILES string of the molecule is C[C@H](C1CCCCC1)N1Cc2c(F)c(F)c(F)c(F)c2C1. The Kier molecular flexibility index (Phi) is 3.95. The lowest BCUT2D eigenvalue weighted by Crippen LogP contribution is -2.35. The topological polar surface area (TPSA) is 3.24 Å². The second-order valence-corrected chi connectivity index (χ2v) is 6.26. The second-order valence-electron chi connectivity index (χ2n) is 6.26. The molecule has 0 spiro atoms. The van der Waals surface area contributed by atoms with E-state index in [-0.39, 0.29) is 30.3 Å². The number of halogens is 4. The molecule has 1 nitrogen and oxygen atoms in total. The molecule has 0 radical (unpaired) electrons. The molecule has 116 valence electrons. The highest BCUT2D eigenvalue weighted by atomic mass is 19.2. The molecule has 1 aliphatic heterocycles. The summed E-state index contributed by atoms with van der Waals surface area (Å²) in [5, 5.41) is 0. The van der Waals surface area contributed by atoms with Gasteiger partial charge in [-0.05, 0) is 25.7 Å². The van der Waals surface area contributed by atoms with Gasteiger partial charge in [0.15, 0.2) is 23.3 Å². The maximum atomic E-state index is 13.8. The van der Waals surface area contributed by atoms with E-state index >= 15 is 0 Å². The summed E-state index contributed by atoms with van der Waals surface area (Å²) >= 11 is 0. The van der Waals surface area contributed by atoms with Crippen LogP contribution in [0.5, 0.6) is 0 Å². The Hall–Kier alpha value is -1.10. The molecule has 1 fully saturated rings. The first-order chi connectivity index (χ1) is 10.0. The van der Waals surface area contributed by atoms with Gasteiger partial charge < -0.3 is 0 Å². The summed E-state index contributed by atoms with van der Waals surface area (Å²) in [5.74, 6) is -5.37. The smallest absolute Gasteiger partial charge is 0.197 e. The molecule has 2 aliphatic rings. The minimum absolute atomic E-state index is 0.0194. The molecule has 0 bridgehead atoms. The summed E-state index contributed by atoms with van der Waals surface area (Å²) in [6.45, 7) is 2.37. The van der Waals surface area contributed by atoms with Crippen LogP contribution < -0.4 is 0 Å². The first-order valence-corrected chi connectivity index (χ1v) is 7.58. The van der Waals surface area contributed by atoms with Crippen molar-refractivity contribution in [2.45, 2.75) is 58.2 Å². The molecule has 1 aliphatic carbocycles. The van der Waals surface area contributed by atoms with Gasteiger partial charge in [-0.25, -0.2) is 17.6 Å². The maximum Gasteiger partial charge on any atom is 0.197 e. The van der Waals surface area contributed by atoms with E-state index in [1.54, 1.807) is 0 Å². The monoisotopic (exact) mass is 301 g/mol. The molecule has 0 amide bonds. The van der Waals surface area contributed by atoms with Gasteiger partial charge in [0.05, 0.1) is 0 Å². The fourth-order valence-corrected chi connectivity index (χ4v) is 3.72. The minimum Gasteiger partial charge on any atom is -0.292 e. The minimum atomic E-state index is -1.70. The van der Waals surface area contributed by atoms with Crippen molar-refractivity contribution in [3.8, 4) is 0 Å². The van der Waals surface area contributed by atoms with E-state index in [4.69, 9.17) is 0 Å². The van der Waals surface area contributed by atoms with Crippen LogP contribution in [0.4, 0.5) is 17.6 Å². The predicted molar refractivity (Wildman–Crippen MR) is 71.6 cm³/mol. The number of hydrogen-bond acceptors (Lipinski definition) is 1. The average Bonchev–Trinajstić information content (AvgIpc) is 2.96. The Morgan fingerprint density at radius 3 is 1.76 bits per heavy atom.